The smallest absolute Gasteiger partial charge is 0.0949 e. The zero-order chi connectivity index (χ0) is 13.1. The van der Waals surface area contributed by atoms with Gasteiger partial charge in [-0.25, -0.2) is 4.98 Å². The van der Waals surface area contributed by atoms with Gasteiger partial charge in [-0.05, 0) is 52.1 Å². The summed E-state index contributed by atoms with van der Waals surface area (Å²) < 4.78 is 2.36. The third kappa shape index (κ3) is 3.18. The number of nitrogens with one attached hydrogen (secondary N) is 1. The summed E-state index contributed by atoms with van der Waals surface area (Å²) in [5.74, 6) is 0. The molecule has 2 aliphatic heterocycles. The molecule has 0 saturated carbocycles. The van der Waals surface area contributed by atoms with Crippen LogP contribution in [0.3, 0.4) is 0 Å². The average molecular weight is 262 g/mol. The van der Waals surface area contributed by atoms with Crippen molar-refractivity contribution < 1.29 is 0 Å². The van der Waals surface area contributed by atoms with Crippen LogP contribution in [0.2, 0.25) is 0 Å². The van der Waals surface area contributed by atoms with Gasteiger partial charge in [0.25, 0.3) is 0 Å². The molecule has 4 nitrogen and oxygen atoms in total. The first-order chi connectivity index (χ1) is 9.33. The molecule has 1 aromatic rings. The minimum atomic E-state index is 0.504. The molecule has 0 spiro atoms. The lowest BCUT2D eigenvalue weighted by Gasteiger charge is -2.29. The predicted molar refractivity (Wildman–Crippen MR) is 77.1 cm³/mol. The molecule has 0 aromatic carbocycles. The van der Waals surface area contributed by atoms with Crippen LogP contribution in [-0.2, 0) is 6.54 Å². The van der Waals surface area contributed by atoms with Crippen LogP contribution in [0.5, 0.6) is 0 Å². The van der Waals surface area contributed by atoms with Crippen molar-refractivity contribution in [3.8, 4) is 0 Å². The average Bonchev–Trinajstić information content (AvgIpc) is 3.08. The highest BCUT2D eigenvalue weighted by Gasteiger charge is 2.22. The van der Waals surface area contributed by atoms with E-state index in [2.05, 4.69) is 32.9 Å². The van der Waals surface area contributed by atoms with Gasteiger partial charge < -0.3 is 14.8 Å². The highest BCUT2D eigenvalue weighted by atomic mass is 15.2. The number of nitrogens with zero attached hydrogens (tertiary/aromatic N) is 3. The number of aromatic nitrogens is 2. The molecular formula is C15H26N4. The van der Waals surface area contributed by atoms with E-state index in [1.54, 1.807) is 0 Å². The monoisotopic (exact) mass is 262 g/mol. The Morgan fingerprint density at radius 3 is 2.84 bits per heavy atom. The summed E-state index contributed by atoms with van der Waals surface area (Å²) >= 11 is 0. The number of rotatable bonds is 4. The van der Waals surface area contributed by atoms with Gasteiger partial charge in [0.1, 0.15) is 0 Å². The quantitative estimate of drug-likeness (QED) is 0.903. The van der Waals surface area contributed by atoms with Crippen LogP contribution in [0.15, 0.2) is 12.5 Å². The third-order valence-corrected chi connectivity index (χ3v) is 4.57. The van der Waals surface area contributed by atoms with Gasteiger partial charge in [-0.1, -0.05) is 0 Å². The molecule has 1 aromatic heterocycles. The molecule has 4 heteroatoms. The summed E-state index contributed by atoms with van der Waals surface area (Å²) in [5, 5.41) is 3.71. The van der Waals surface area contributed by atoms with Crippen LogP contribution in [0.25, 0.3) is 0 Å². The molecule has 2 fully saturated rings. The van der Waals surface area contributed by atoms with Crippen molar-refractivity contribution in [3.63, 3.8) is 0 Å². The Labute approximate surface area is 116 Å². The molecule has 0 bridgehead atoms. The maximum Gasteiger partial charge on any atom is 0.0949 e. The fraction of sp³-hybridized carbons (Fsp3) is 0.800. The molecule has 106 valence electrons. The van der Waals surface area contributed by atoms with Crippen LogP contribution in [0.4, 0.5) is 0 Å². The highest BCUT2D eigenvalue weighted by molar-refractivity contribution is 5.07. The van der Waals surface area contributed by atoms with Crippen LogP contribution in [0, 0.1) is 0 Å². The minimum Gasteiger partial charge on any atom is -0.332 e. The highest BCUT2D eigenvalue weighted by Crippen LogP contribution is 2.25. The Bertz CT molecular complexity index is 395. The lowest BCUT2D eigenvalue weighted by molar-refractivity contribution is 0.304. The standard InChI is InChI=1S/C15H26N4/c1-13-5-4-6-14(17-13)15-11-16-12-19(15)10-9-18-7-2-3-8-18/h11-14,17H,2-10H2,1H3. The lowest BCUT2D eigenvalue weighted by Crippen LogP contribution is -2.36. The third-order valence-electron chi connectivity index (χ3n) is 4.57. The maximum atomic E-state index is 4.37. The lowest BCUT2D eigenvalue weighted by atomic mass is 9.97. The first kappa shape index (κ1) is 13.1. The number of likely N-dealkylation sites (tertiary alicyclic amines) is 1. The summed E-state index contributed by atoms with van der Waals surface area (Å²) in [6.07, 6.45) is 10.7. The van der Waals surface area contributed by atoms with E-state index in [1.807, 2.05) is 6.33 Å². The van der Waals surface area contributed by atoms with Crippen molar-refractivity contribution in [2.45, 2.75) is 57.7 Å². The van der Waals surface area contributed by atoms with E-state index < -0.39 is 0 Å². The topological polar surface area (TPSA) is 33.1 Å². The molecule has 0 radical (unpaired) electrons. The van der Waals surface area contributed by atoms with Gasteiger partial charge in [0, 0.05) is 31.4 Å². The number of piperidine rings is 1. The van der Waals surface area contributed by atoms with E-state index in [1.165, 1.54) is 57.4 Å². The van der Waals surface area contributed by atoms with Gasteiger partial charge in [0.05, 0.1) is 12.0 Å². The summed E-state index contributed by atoms with van der Waals surface area (Å²) in [6, 6.07) is 1.14. The summed E-state index contributed by atoms with van der Waals surface area (Å²) in [6.45, 7) is 7.11. The van der Waals surface area contributed by atoms with E-state index in [0.29, 0.717) is 12.1 Å². The van der Waals surface area contributed by atoms with Crippen molar-refractivity contribution in [3.05, 3.63) is 18.2 Å². The van der Waals surface area contributed by atoms with Gasteiger partial charge in [0.15, 0.2) is 0 Å². The summed E-state index contributed by atoms with van der Waals surface area (Å²) in [7, 11) is 0. The van der Waals surface area contributed by atoms with Gasteiger partial charge in [-0.3, -0.25) is 0 Å². The molecule has 0 amide bonds. The van der Waals surface area contributed by atoms with E-state index in [9.17, 15) is 0 Å². The number of hydrogen-bond donors (Lipinski definition) is 1. The van der Waals surface area contributed by atoms with Gasteiger partial charge >= 0.3 is 0 Å². The predicted octanol–water partition coefficient (Wildman–Crippen LogP) is 2.18. The number of hydrogen-bond acceptors (Lipinski definition) is 3. The van der Waals surface area contributed by atoms with Gasteiger partial charge in [0.2, 0.25) is 0 Å². The second-order valence-corrected chi connectivity index (χ2v) is 6.11. The number of imidazole rings is 1. The molecule has 1 N–H and O–H groups in total. The summed E-state index contributed by atoms with van der Waals surface area (Å²) in [4.78, 5) is 6.94. The second-order valence-electron chi connectivity index (χ2n) is 6.11. The Kier molecular flexibility index (Phi) is 4.18. The molecule has 2 atom stereocenters. The molecule has 2 saturated heterocycles. The Hall–Kier alpha value is -0.870. The first-order valence-electron chi connectivity index (χ1n) is 7.81. The largest absolute Gasteiger partial charge is 0.332 e. The minimum absolute atomic E-state index is 0.504. The fourth-order valence-corrected chi connectivity index (χ4v) is 3.43. The molecular weight excluding hydrogens is 236 g/mol. The Balaban J connectivity index is 1.60. The molecule has 3 heterocycles. The van der Waals surface area contributed by atoms with Crippen LogP contribution >= 0.6 is 0 Å². The SMILES string of the molecule is CC1CCCC(c2cncn2CCN2CCCC2)N1. The van der Waals surface area contributed by atoms with Gasteiger partial charge in [-0.15, -0.1) is 0 Å². The molecule has 19 heavy (non-hydrogen) atoms. The van der Waals surface area contributed by atoms with Crippen molar-refractivity contribution in [1.29, 1.82) is 0 Å². The van der Waals surface area contributed by atoms with E-state index >= 15 is 0 Å². The van der Waals surface area contributed by atoms with Crippen molar-refractivity contribution >= 4 is 0 Å². The molecule has 3 rings (SSSR count). The van der Waals surface area contributed by atoms with Crippen molar-refractivity contribution in [2.24, 2.45) is 0 Å². The van der Waals surface area contributed by atoms with E-state index in [-0.39, 0.29) is 0 Å². The van der Waals surface area contributed by atoms with Crippen LogP contribution in [0.1, 0.15) is 50.8 Å². The Morgan fingerprint density at radius 1 is 1.21 bits per heavy atom. The first-order valence-corrected chi connectivity index (χ1v) is 7.81. The molecule has 2 unspecified atom stereocenters. The van der Waals surface area contributed by atoms with Crippen LogP contribution < -0.4 is 5.32 Å². The van der Waals surface area contributed by atoms with Crippen LogP contribution in [-0.4, -0.2) is 40.1 Å². The zero-order valence-corrected chi connectivity index (χ0v) is 12.0. The van der Waals surface area contributed by atoms with E-state index in [0.717, 1.165) is 6.54 Å². The van der Waals surface area contributed by atoms with Crippen molar-refractivity contribution in [2.75, 3.05) is 19.6 Å². The fourth-order valence-electron chi connectivity index (χ4n) is 3.43. The molecule has 0 aliphatic carbocycles. The summed E-state index contributed by atoms with van der Waals surface area (Å²) in [5.41, 5.74) is 1.38. The molecule has 2 aliphatic rings. The van der Waals surface area contributed by atoms with Crippen molar-refractivity contribution in [1.82, 2.24) is 19.8 Å². The van der Waals surface area contributed by atoms with Gasteiger partial charge in [-0.2, -0.15) is 0 Å². The maximum absolute atomic E-state index is 4.37. The Morgan fingerprint density at radius 2 is 2.05 bits per heavy atom. The normalized spacial score (nSPS) is 28.9. The second kappa shape index (κ2) is 6.06. The van der Waals surface area contributed by atoms with E-state index in [4.69, 9.17) is 0 Å². The zero-order valence-electron chi connectivity index (χ0n) is 12.0.